The summed E-state index contributed by atoms with van der Waals surface area (Å²) < 4.78 is 12.5. The molecule has 1 aromatic carbocycles. The maximum absolute atomic E-state index is 13.5. The van der Waals surface area contributed by atoms with Crippen molar-refractivity contribution >= 4 is 28.9 Å². The number of pyridine rings is 2. The number of unbranched alkanes of at least 4 members (excludes halogenated alkanes) is 3. The number of cyclic esters (lactones) is 1. The lowest BCUT2D eigenvalue weighted by Crippen LogP contribution is -2.44. The standard InChI is InChI=1S/C31H37N5O8/c1-4-31(41)22-14-24-27-18(15-36(24)28(38)21(22)17-43-29(31)39)13-19-20(16-35(2)3)25(11-10-23(19)33-27)44-30(40)32-12-8-6-5-7-9-26(37)34-42/h10-11,13-14,41-42H,4-9,12,15-17H2,1-3H3,(H,32,40)(H,34,37)/t31-/m0/s1. The number of carbonyl (C=O) groups is 3. The average Bonchev–Trinajstić information content (AvgIpc) is 3.36. The summed E-state index contributed by atoms with van der Waals surface area (Å²) in [6.07, 6.45) is 2.71. The summed E-state index contributed by atoms with van der Waals surface area (Å²) in [5.74, 6) is -0.783. The number of nitrogens with one attached hydrogen (secondary N) is 2. The Kier molecular flexibility index (Phi) is 9.00. The predicted molar refractivity (Wildman–Crippen MR) is 159 cm³/mol. The number of aromatic nitrogens is 2. The fraction of sp³-hybridized carbons (Fsp3) is 0.452. The molecule has 0 radical (unpaired) electrons. The van der Waals surface area contributed by atoms with Gasteiger partial charge in [0.1, 0.15) is 12.4 Å². The minimum Gasteiger partial charge on any atom is -0.458 e. The zero-order valence-electron chi connectivity index (χ0n) is 25.1. The molecule has 4 heterocycles. The molecule has 13 nitrogen and oxygen atoms in total. The first-order chi connectivity index (χ1) is 21.1. The number of hydroxylamine groups is 1. The molecule has 2 aromatic heterocycles. The normalized spacial score (nSPS) is 16.7. The molecular weight excluding hydrogens is 570 g/mol. The molecule has 3 aromatic rings. The third-order valence-electron chi connectivity index (χ3n) is 8.16. The summed E-state index contributed by atoms with van der Waals surface area (Å²) in [4.78, 5) is 56.6. The van der Waals surface area contributed by atoms with Crippen LogP contribution in [0.15, 0.2) is 29.1 Å². The number of amides is 2. The summed E-state index contributed by atoms with van der Waals surface area (Å²) in [6.45, 7) is 2.61. The molecule has 4 N–H and O–H groups in total. The second-order valence-electron chi connectivity index (χ2n) is 11.5. The van der Waals surface area contributed by atoms with Crippen LogP contribution in [0.2, 0.25) is 0 Å². The van der Waals surface area contributed by atoms with Crippen molar-refractivity contribution in [2.24, 2.45) is 0 Å². The number of aliphatic hydroxyl groups is 1. The van der Waals surface area contributed by atoms with Gasteiger partial charge in [-0.1, -0.05) is 19.8 Å². The van der Waals surface area contributed by atoms with Crippen LogP contribution in [0.25, 0.3) is 22.3 Å². The second kappa shape index (κ2) is 12.7. The van der Waals surface area contributed by atoms with Gasteiger partial charge in [0, 0.05) is 41.6 Å². The first kappa shape index (κ1) is 31.1. The number of rotatable bonds is 11. The molecule has 44 heavy (non-hydrogen) atoms. The van der Waals surface area contributed by atoms with Crippen LogP contribution >= 0.6 is 0 Å². The summed E-state index contributed by atoms with van der Waals surface area (Å²) in [5, 5.41) is 23.2. The smallest absolute Gasteiger partial charge is 0.412 e. The Morgan fingerprint density at radius 2 is 1.93 bits per heavy atom. The third-order valence-corrected chi connectivity index (χ3v) is 8.16. The predicted octanol–water partition coefficient (Wildman–Crippen LogP) is 2.69. The van der Waals surface area contributed by atoms with E-state index in [1.807, 2.05) is 25.1 Å². The quantitative estimate of drug-likeness (QED) is 0.0860. The van der Waals surface area contributed by atoms with Crippen LogP contribution in [0.4, 0.5) is 4.79 Å². The molecule has 2 aliphatic heterocycles. The van der Waals surface area contributed by atoms with Gasteiger partial charge >= 0.3 is 12.1 Å². The van der Waals surface area contributed by atoms with Crippen molar-refractivity contribution < 1.29 is 34.2 Å². The number of benzene rings is 1. The van der Waals surface area contributed by atoms with E-state index in [-0.39, 0.29) is 42.7 Å². The Balaban J connectivity index is 1.38. The topological polar surface area (TPSA) is 172 Å². The van der Waals surface area contributed by atoms with E-state index in [0.29, 0.717) is 48.6 Å². The zero-order valence-corrected chi connectivity index (χ0v) is 25.1. The molecule has 234 valence electrons. The highest BCUT2D eigenvalue weighted by atomic mass is 16.6. The molecule has 2 aliphatic rings. The zero-order chi connectivity index (χ0) is 31.6. The molecule has 0 unspecified atom stereocenters. The van der Waals surface area contributed by atoms with Gasteiger partial charge in [-0.15, -0.1) is 0 Å². The van der Waals surface area contributed by atoms with E-state index in [0.717, 1.165) is 29.4 Å². The van der Waals surface area contributed by atoms with Crippen LogP contribution in [-0.2, 0) is 39.6 Å². The van der Waals surface area contributed by atoms with E-state index in [1.54, 1.807) is 35.2 Å². The monoisotopic (exact) mass is 607 g/mol. The van der Waals surface area contributed by atoms with E-state index < -0.39 is 23.6 Å². The third kappa shape index (κ3) is 5.90. The lowest BCUT2D eigenvalue weighted by molar-refractivity contribution is -0.172. The van der Waals surface area contributed by atoms with Crippen LogP contribution in [0.3, 0.4) is 0 Å². The van der Waals surface area contributed by atoms with Crippen molar-refractivity contribution in [1.82, 2.24) is 25.2 Å². The van der Waals surface area contributed by atoms with Gasteiger partial charge < -0.3 is 29.4 Å². The van der Waals surface area contributed by atoms with E-state index >= 15 is 0 Å². The van der Waals surface area contributed by atoms with Gasteiger partial charge in [-0.05, 0) is 57.6 Å². The van der Waals surface area contributed by atoms with Gasteiger partial charge in [0.2, 0.25) is 5.91 Å². The largest absolute Gasteiger partial charge is 0.458 e. The molecule has 5 rings (SSSR count). The van der Waals surface area contributed by atoms with Crippen molar-refractivity contribution in [1.29, 1.82) is 0 Å². The van der Waals surface area contributed by atoms with Gasteiger partial charge in [0.05, 0.1) is 29.0 Å². The number of fused-ring (bicyclic) bond motifs is 5. The Morgan fingerprint density at radius 3 is 2.66 bits per heavy atom. The Hall–Kier alpha value is -4.33. The highest BCUT2D eigenvalue weighted by molar-refractivity contribution is 5.90. The molecule has 1 atom stereocenters. The van der Waals surface area contributed by atoms with Gasteiger partial charge in [-0.3, -0.25) is 14.8 Å². The van der Waals surface area contributed by atoms with E-state index in [2.05, 4.69) is 5.32 Å². The fourth-order valence-corrected chi connectivity index (χ4v) is 5.81. The second-order valence-corrected chi connectivity index (χ2v) is 11.5. The lowest BCUT2D eigenvalue weighted by Gasteiger charge is -2.31. The average molecular weight is 608 g/mol. The van der Waals surface area contributed by atoms with Crippen LogP contribution in [0.5, 0.6) is 5.75 Å². The molecule has 0 saturated carbocycles. The minimum absolute atomic E-state index is 0.0650. The maximum atomic E-state index is 13.5. The Labute approximate surface area is 253 Å². The first-order valence-electron chi connectivity index (χ1n) is 14.7. The van der Waals surface area contributed by atoms with Crippen molar-refractivity contribution in [2.45, 2.75) is 70.7 Å². The molecule has 0 fully saturated rings. The van der Waals surface area contributed by atoms with E-state index in [1.165, 1.54) is 0 Å². The van der Waals surface area contributed by atoms with Gasteiger partial charge in [0.15, 0.2) is 5.60 Å². The van der Waals surface area contributed by atoms with Crippen LogP contribution in [0, 0.1) is 0 Å². The molecule has 0 bridgehead atoms. The van der Waals surface area contributed by atoms with Gasteiger partial charge in [-0.25, -0.2) is 20.1 Å². The lowest BCUT2D eigenvalue weighted by atomic mass is 9.86. The number of carbonyl (C=O) groups excluding carboxylic acids is 3. The number of nitrogens with zero attached hydrogens (tertiary/aromatic N) is 3. The Morgan fingerprint density at radius 1 is 1.16 bits per heavy atom. The van der Waals surface area contributed by atoms with E-state index in [9.17, 15) is 24.3 Å². The van der Waals surface area contributed by atoms with Crippen LogP contribution < -0.4 is 21.1 Å². The molecule has 13 heteroatoms. The summed E-state index contributed by atoms with van der Waals surface area (Å²) in [6, 6.07) is 7.10. The van der Waals surface area contributed by atoms with Gasteiger partial charge in [-0.2, -0.15) is 0 Å². The molecule has 2 amide bonds. The fourth-order valence-electron chi connectivity index (χ4n) is 5.81. The highest BCUT2D eigenvalue weighted by Crippen LogP contribution is 2.40. The van der Waals surface area contributed by atoms with Crippen LogP contribution in [-0.4, -0.2) is 63.4 Å². The number of hydrogen-bond donors (Lipinski definition) is 4. The minimum atomic E-state index is -1.90. The highest BCUT2D eigenvalue weighted by Gasteiger charge is 2.45. The van der Waals surface area contributed by atoms with Crippen molar-refractivity contribution in [3.8, 4) is 17.1 Å². The first-order valence-corrected chi connectivity index (χ1v) is 14.7. The Bertz CT molecular complexity index is 1680. The molecule has 0 spiro atoms. The summed E-state index contributed by atoms with van der Waals surface area (Å²) in [7, 11) is 3.82. The number of hydrogen-bond acceptors (Lipinski definition) is 10. The van der Waals surface area contributed by atoms with Gasteiger partial charge in [0.25, 0.3) is 5.56 Å². The summed E-state index contributed by atoms with van der Waals surface area (Å²) >= 11 is 0. The van der Waals surface area contributed by atoms with Crippen molar-refractivity contribution in [3.05, 3.63) is 56.9 Å². The summed E-state index contributed by atoms with van der Waals surface area (Å²) in [5.41, 5.74) is 3.23. The molecule has 0 aliphatic carbocycles. The SMILES string of the molecule is CC[C@@]1(O)C(=O)OCc2c1cc1n(c2=O)Cc2cc3c(CN(C)C)c(OC(=O)NCCCCCCC(=O)NO)ccc3nc2-1. The number of ether oxygens (including phenoxy) is 2. The molecule has 0 saturated heterocycles. The molecular formula is C31H37N5O8. The van der Waals surface area contributed by atoms with Crippen molar-refractivity contribution in [2.75, 3.05) is 20.6 Å². The van der Waals surface area contributed by atoms with E-state index in [4.69, 9.17) is 19.7 Å². The maximum Gasteiger partial charge on any atom is 0.412 e. The van der Waals surface area contributed by atoms with Crippen LogP contribution in [0.1, 0.15) is 67.7 Å². The van der Waals surface area contributed by atoms with Crippen molar-refractivity contribution in [3.63, 3.8) is 0 Å². The number of esters is 1.